The Bertz CT molecular complexity index is 866. The van der Waals surface area contributed by atoms with E-state index in [1.165, 1.54) is 10.4 Å². The van der Waals surface area contributed by atoms with Gasteiger partial charge in [0.2, 0.25) is 0 Å². The molecule has 4 rings (SSSR count). The van der Waals surface area contributed by atoms with Crippen LogP contribution in [-0.2, 0) is 6.42 Å². The second kappa shape index (κ2) is 5.73. The van der Waals surface area contributed by atoms with Crippen molar-refractivity contribution in [1.82, 2.24) is 15.0 Å². The van der Waals surface area contributed by atoms with Crippen LogP contribution in [0.2, 0.25) is 0 Å². The predicted molar refractivity (Wildman–Crippen MR) is 90.1 cm³/mol. The van der Waals surface area contributed by atoms with Crippen LogP contribution >= 0.6 is 11.3 Å². The lowest BCUT2D eigenvalue weighted by molar-refractivity contribution is 0.526. The summed E-state index contributed by atoms with van der Waals surface area (Å²) >= 11 is 1.77. The summed E-state index contributed by atoms with van der Waals surface area (Å²) in [6, 6.07) is 23.1. The van der Waals surface area contributed by atoms with E-state index >= 15 is 0 Å². The van der Waals surface area contributed by atoms with Gasteiger partial charge in [0.25, 0.3) is 0 Å². The molecule has 0 aliphatic carbocycles. The van der Waals surface area contributed by atoms with Crippen molar-refractivity contribution in [3.05, 3.63) is 82.6 Å². The Kier molecular flexibility index (Phi) is 3.45. The summed E-state index contributed by atoms with van der Waals surface area (Å²) in [6.07, 6.45) is 0.911. The molecule has 0 saturated heterocycles. The Balaban J connectivity index is 1.81. The molecule has 4 aromatic rings. The van der Waals surface area contributed by atoms with Crippen molar-refractivity contribution in [2.45, 2.75) is 12.5 Å². The summed E-state index contributed by atoms with van der Waals surface area (Å²) in [5.74, 6) is 0. The van der Waals surface area contributed by atoms with Crippen molar-refractivity contribution in [2.24, 2.45) is 0 Å². The molecule has 2 heterocycles. The number of hydrogen-bond donors (Lipinski definition) is 0. The highest BCUT2D eigenvalue weighted by atomic mass is 32.1. The number of aromatic nitrogens is 3. The largest absolute Gasteiger partial charge is 0.236 e. The SMILES string of the molecule is c1ccc(CC(c2cccs2)n2nnc3ccccc32)cc1. The van der Waals surface area contributed by atoms with E-state index in [1.807, 2.05) is 22.9 Å². The van der Waals surface area contributed by atoms with Gasteiger partial charge in [-0.1, -0.05) is 53.7 Å². The molecular formula is C18H15N3S. The average molecular weight is 305 g/mol. The van der Waals surface area contributed by atoms with Gasteiger partial charge in [-0.3, -0.25) is 0 Å². The maximum atomic E-state index is 4.42. The van der Waals surface area contributed by atoms with Crippen molar-refractivity contribution >= 4 is 22.4 Å². The van der Waals surface area contributed by atoms with Crippen molar-refractivity contribution < 1.29 is 0 Å². The lowest BCUT2D eigenvalue weighted by Crippen LogP contribution is -2.14. The molecule has 0 radical (unpaired) electrons. The summed E-state index contributed by atoms with van der Waals surface area (Å²) in [5, 5.41) is 10.8. The zero-order valence-corrected chi connectivity index (χ0v) is 12.8. The summed E-state index contributed by atoms with van der Waals surface area (Å²) in [7, 11) is 0. The predicted octanol–water partition coefficient (Wildman–Crippen LogP) is 4.32. The maximum absolute atomic E-state index is 4.42. The Labute approximate surface area is 132 Å². The van der Waals surface area contributed by atoms with E-state index in [0.717, 1.165) is 17.5 Å². The van der Waals surface area contributed by atoms with Crippen LogP contribution in [0.5, 0.6) is 0 Å². The Morgan fingerprint density at radius 3 is 2.55 bits per heavy atom. The molecule has 0 spiro atoms. The van der Waals surface area contributed by atoms with E-state index < -0.39 is 0 Å². The molecule has 4 heteroatoms. The van der Waals surface area contributed by atoms with E-state index in [4.69, 9.17) is 0 Å². The summed E-state index contributed by atoms with van der Waals surface area (Å²) in [5.41, 5.74) is 3.33. The molecule has 108 valence electrons. The van der Waals surface area contributed by atoms with E-state index in [-0.39, 0.29) is 6.04 Å². The van der Waals surface area contributed by atoms with E-state index in [2.05, 4.69) is 64.2 Å². The summed E-state index contributed by atoms with van der Waals surface area (Å²) in [4.78, 5) is 1.31. The second-order valence-corrected chi connectivity index (χ2v) is 6.22. The monoisotopic (exact) mass is 305 g/mol. The van der Waals surface area contributed by atoms with Gasteiger partial charge in [-0.05, 0) is 35.6 Å². The molecule has 0 fully saturated rings. The quantitative estimate of drug-likeness (QED) is 0.562. The normalized spacial score (nSPS) is 12.5. The smallest absolute Gasteiger partial charge is 0.113 e. The minimum Gasteiger partial charge on any atom is -0.236 e. The fraction of sp³-hybridized carbons (Fsp3) is 0.111. The van der Waals surface area contributed by atoms with Gasteiger partial charge < -0.3 is 0 Å². The maximum Gasteiger partial charge on any atom is 0.113 e. The number of rotatable bonds is 4. The minimum atomic E-state index is 0.176. The standard InChI is InChI=1S/C18H15N3S/c1-2-7-14(8-3-1)13-17(18-11-6-12-22-18)21-16-10-5-4-9-15(16)19-20-21/h1-12,17H,13H2. The second-order valence-electron chi connectivity index (χ2n) is 5.24. The van der Waals surface area contributed by atoms with Gasteiger partial charge in [-0.15, -0.1) is 16.4 Å². The Morgan fingerprint density at radius 1 is 0.909 bits per heavy atom. The first-order valence-electron chi connectivity index (χ1n) is 7.29. The molecule has 3 nitrogen and oxygen atoms in total. The molecule has 2 aromatic heterocycles. The number of fused-ring (bicyclic) bond motifs is 1. The third kappa shape index (κ3) is 2.42. The number of nitrogens with zero attached hydrogens (tertiary/aromatic N) is 3. The zero-order valence-electron chi connectivity index (χ0n) is 12.0. The summed E-state index contributed by atoms with van der Waals surface area (Å²) in [6.45, 7) is 0. The van der Waals surface area contributed by atoms with Crippen LogP contribution in [0.3, 0.4) is 0 Å². The Hall–Kier alpha value is -2.46. The van der Waals surface area contributed by atoms with Crippen molar-refractivity contribution in [1.29, 1.82) is 0 Å². The molecule has 0 bridgehead atoms. The lowest BCUT2D eigenvalue weighted by Gasteiger charge is -2.16. The van der Waals surface area contributed by atoms with Crippen molar-refractivity contribution in [3.8, 4) is 0 Å². The lowest BCUT2D eigenvalue weighted by atomic mass is 10.0. The number of thiophene rings is 1. The molecule has 0 amide bonds. The fourth-order valence-corrected chi connectivity index (χ4v) is 3.55. The van der Waals surface area contributed by atoms with Crippen LogP contribution < -0.4 is 0 Å². The number of para-hydroxylation sites is 1. The van der Waals surface area contributed by atoms with Crippen LogP contribution in [0.1, 0.15) is 16.5 Å². The fourth-order valence-electron chi connectivity index (χ4n) is 2.74. The first-order chi connectivity index (χ1) is 10.9. The average Bonchev–Trinajstić information content (AvgIpc) is 3.24. The Morgan fingerprint density at radius 2 is 1.73 bits per heavy atom. The van der Waals surface area contributed by atoms with E-state index in [0.29, 0.717) is 0 Å². The molecule has 22 heavy (non-hydrogen) atoms. The van der Waals surface area contributed by atoms with Crippen molar-refractivity contribution in [3.63, 3.8) is 0 Å². The van der Waals surface area contributed by atoms with Crippen molar-refractivity contribution in [2.75, 3.05) is 0 Å². The third-order valence-electron chi connectivity index (χ3n) is 3.82. The van der Waals surface area contributed by atoms with Crippen LogP contribution in [0, 0.1) is 0 Å². The molecule has 1 atom stereocenters. The van der Waals surface area contributed by atoms with Crippen LogP contribution in [0.25, 0.3) is 11.0 Å². The highest BCUT2D eigenvalue weighted by molar-refractivity contribution is 7.10. The zero-order chi connectivity index (χ0) is 14.8. The van der Waals surface area contributed by atoms with Gasteiger partial charge in [0.05, 0.1) is 11.6 Å². The number of hydrogen-bond acceptors (Lipinski definition) is 3. The molecular weight excluding hydrogens is 290 g/mol. The molecule has 0 aliphatic rings. The van der Waals surface area contributed by atoms with E-state index in [1.54, 1.807) is 11.3 Å². The first-order valence-corrected chi connectivity index (χ1v) is 8.17. The van der Waals surface area contributed by atoms with Gasteiger partial charge in [-0.2, -0.15) is 0 Å². The highest BCUT2D eigenvalue weighted by Crippen LogP contribution is 2.28. The third-order valence-corrected chi connectivity index (χ3v) is 4.79. The summed E-state index contributed by atoms with van der Waals surface area (Å²) < 4.78 is 2.05. The molecule has 0 N–H and O–H groups in total. The van der Waals surface area contributed by atoms with Crippen LogP contribution in [0.4, 0.5) is 0 Å². The van der Waals surface area contributed by atoms with Gasteiger partial charge in [0, 0.05) is 4.88 Å². The number of benzene rings is 2. The van der Waals surface area contributed by atoms with Gasteiger partial charge in [-0.25, -0.2) is 4.68 Å². The molecule has 1 unspecified atom stereocenters. The van der Waals surface area contributed by atoms with Gasteiger partial charge in [0.1, 0.15) is 5.52 Å². The topological polar surface area (TPSA) is 30.7 Å². The van der Waals surface area contributed by atoms with E-state index in [9.17, 15) is 0 Å². The molecule has 0 saturated carbocycles. The molecule has 0 aliphatic heterocycles. The minimum absolute atomic E-state index is 0.176. The van der Waals surface area contributed by atoms with Gasteiger partial charge >= 0.3 is 0 Å². The molecule has 2 aromatic carbocycles. The van der Waals surface area contributed by atoms with Crippen LogP contribution in [-0.4, -0.2) is 15.0 Å². The van der Waals surface area contributed by atoms with Gasteiger partial charge in [0.15, 0.2) is 0 Å². The van der Waals surface area contributed by atoms with Crippen LogP contribution in [0.15, 0.2) is 72.1 Å². The first kappa shape index (κ1) is 13.2. The highest BCUT2D eigenvalue weighted by Gasteiger charge is 2.19.